The van der Waals surface area contributed by atoms with Gasteiger partial charge < -0.3 is 14.7 Å². The van der Waals surface area contributed by atoms with Gasteiger partial charge in [-0.3, -0.25) is 9.59 Å². The Balaban J connectivity index is 1.44. The molecule has 2 aliphatic rings. The molecule has 2 aliphatic heterocycles. The summed E-state index contributed by atoms with van der Waals surface area (Å²) in [6, 6.07) is 8.46. The van der Waals surface area contributed by atoms with Crippen molar-refractivity contribution in [3.05, 3.63) is 41.4 Å². The van der Waals surface area contributed by atoms with Crippen molar-refractivity contribution in [2.75, 3.05) is 39.8 Å². The molecule has 32 heavy (non-hydrogen) atoms. The normalized spacial score (nSPS) is 21.3. The van der Waals surface area contributed by atoms with E-state index in [4.69, 9.17) is 11.6 Å². The van der Waals surface area contributed by atoms with Crippen LogP contribution in [0.2, 0.25) is 5.02 Å². The number of likely N-dealkylation sites (tertiary alicyclic amines) is 1. The van der Waals surface area contributed by atoms with Gasteiger partial charge in [0.15, 0.2) is 0 Å². The fraction of sp³-hybridized carbons (Fsp3) is 0.455. The van der Waals surface area contributed by atoms with Crippen LogP contribution in [-0.2, 0) is 19.6 Å². The lowest BCUT2D eigenvalue weighted by molar-refractivity contribution is -0.144. The number of sulfonamides is 1. The zero-order valence-corrected chi connectivity index (χ0v) is 19.7. The number of hydrogen-bond acceptors (Lipinski definition) is 5. The van der Waals surface area contributed by atoms with E-state index in [0.29, 0.717) is 31.1 Å². The van der Waals surface area contributed by atoms with Crippen LogP contribution in [-0.4, -0.2) is 86.8 Å². The number of likely N-dealkylation sites (N-methyl/N-ethyl adjacent to an activating group) is 1. The lowest BCUT2D eigenvalue weighted by Gasteiger charge is -2.36. The number of amides is 2. The molecule has 8 nitrogen and oxygen atoms in total. The second-order valence-electron chi connectivity index (χ2n) is 8.45. The van der Waals surface area contributed by atoms with Crippen molar-refractivity contribution in [3.63, 3.8) is 0 Å². The molecule has 2 amide bonds. The molecule has 1 N–H and O–H groups in total. The molecule has 2 aromatic rings. The van der Waals surface area contributed by atoms with Gasteiger partial charge in [0, 0.05) is 37.7 Å². The fourth-order valence-corrected chi connectivity index (χ4v) is 5.68. The Hall–Kier alpha value is -2.20. The molecular formula is C22H27ClN4O4S. The number of halogens is 1. The van der Waals surface area contributed by atoms with Gasteiger partial charge in [0.05, 0.1) is 4.90 Å². The highest BCUT2D eigenvalue weighted by molar-refractivity contribution is 7.89. The van der Waals surface area contributed by atoms with E-state index in [1.807, 2.05) is 7.05 Å². The minimum atomic E-state index is -3.91. The minimum absolute atomic E-state index is 0.0835. The number of fused-ring (bicyclic) bond motifs is 1. The maximum atomic E-state index is 13.0. The van der Waals surface area contributed by atoms with E-state index in [1.165, 1.54) is 11.0 Å². The van der Waals surface area contributed by atoms with E-state index in [2.05, 4.69) is 9.62 Å². The Morgan fingerprint density at radius 2 is 1.72 bits per heavy atom. The first-order chi connectivity index (χ1) is 15.2. The second-order valence-corrected chi connectivity index (χ2v) is 10.6. The number of hydrogen-bond donors (Lipinski definition) is 1. The van der Waals surface area contributed by atoms with Gasteiger partial charge in [0.25, 0.3) is 0 Å². The van der Waals surface area contributed by atoms with Gasteiger partial charge in [-0.15, -0.1) is 0 Å². The van der Waals surface area contributed by atoms with Crippen LogP contribution in [0, 0.1) is 0 Å². The Morgan fingerprint density at radius 1 is 1.06 bits per heavy atom. The largest absolute Gasteiger partial charge is 0.338 e. The summed E-state index contributed by atoms with van der Waals surface area (Å²) in [5, 5.41) is 2.14. The molecule has 4 rings (SSSR count). The van der Waals surface area contributed by atoms with Crippen LogP contribution >= 0.6 is 11.6 Å². The molecule has 2 fully saturated rings. The highest BCUT2D eigenvalue weighted by Crippen LogP contribution is 2.24. The fourth-order valence-electron chi connectivity index (χ4n) is 4.24. The monoisotopic (exact) mass is 478 g/mol. The summed E-state index contributed by atoms with van der Waals surface area (Å²) in [7, 11) is -1.89. The van der Waals surface area contributed by atoms with Crippen LogP contribution in [0.15, 0.2) is 41.3 Å². The van der Waals surface area contributed by atoms with E-state index in [9.17, 15) is 18.0 Å². The van der Waals surface area contributed by atoms with Crippen LogP contribution in [0.1, 0.15) is 13.3 Å². The lowest BCUT2D eigenvalue weighted by Crippen LogP contribution is -2.54. The van der Waals surface area contributed by atoms with Gasteiger partial charge in [-0.05, 0) is 55.4 Å². The highest BCUT2D eigenvalue weighted by Gasteiger charge is 2.40. The van der Waals surface area contributed by atoms with Crippen LogP contribution < -0.4 is 4.72 Å². The second kappa shape index (κ2) is 8.97. The summed E-state index contributed by atoms with van der Waals surface area (Å²) in [6.45, 7) is 4.91. The van der Waals surface area contributed by atoms with Crippen LogP contribution in [0.25, 0.3) is 10.8 Å². The van der Waals surface area contributed by atoms with Gasteiger partial charge in [-0.25, -0.2) is 8.42 Å². The first kappa shape index (κ1) is 23.0. The summed E-state index contributed by atoms with van der Waals surface area (Å²) in [6.07, 6.45) is 0.321. The predicted octanol–water partition coefficient (Wildman–Crippen LogP) is 1.53. The van der Waals surface area contributed by atoms with E-state index in [-0.39, 0.29) is 16.7 Å². The van der Waals surface area contributed by atoms with Crippen molar-refractivity contribution in [2.24, 2.45) is 0 Å². The average molecular weight is 479 g/mol. The number of rotatable bonds is 5. The molecule has 0 saturated carbocycles. The van der Waals surface area contributed by atoms with Crippen molar-refractivity contribution in [1.29, 1.82) is 0 Å². The molecular weight excluding hydrogens is 452 g/mol. The summed E-state index contributed by atoms with van der Waals surface area (Å²) in [4.78, 5) is 31.3. The van der Waals surface area contributed by atoms with E-state index >= 15 is 0 Å². The highest BCUT2D eigenvalue weighted by atomic mass is 35.5. The summed E-state index contributed by atoms with van der Waals surface area (Å²) >= 11 is 5.99. The van der Waals surface area contributed by atoms with E-state index < -0.39 is 22.1 Å². The summed E-state index contributed by atoms with van der Waals surface area (Å²) in [5.74, 6) is -0.459. The maximum Gasteiger partial charge on any atom is 0.245 e. The van der Waals surface area contributed by atoms with Crippen LogP contribution in [0.5, 0.6) is 0 Å². The molecule has 0 aliphatic carbocycles. The zero-order valence-electron chi connectivity index (χ0n) is 18.1. The SMILES string of the molecule is C[C@@H](C(=O)N1CCN(C)CC1)N1CC[C@H](NS(=O)(=O)c2ccc3cc(Cl)ccc3c2)C1=O. The Labute approximate surface area is 193 Å². The Kier molecular flexibility index (Phi) is 6.44. The molecule has 2 heterocycles. The molecule has 0 spiro atoms. The molecule has 10 heteroatoms. The van der Waals surface area contributed by atoms with Gasteiger partial charge in [-0.1, -0.05) is 23.7 Å². The van der Waals surface area contributed by atoms with E-state index in [0.717, 1.165) is 23.9 Å². The molecule has 0 aromatic heterocycles. The van der Waals surface area contributed by atoms with Gasteiger partial charge >= 0.3 is 0 Å². The first-order valence-electron chi connectivity index (χ1n) is 10.7. The van der Waals surface area contributed by atoms with Crippen LogP contribution in [0.4, 0.5) is 0 Å². The summed E-state index contributed by atoms with van der Waals surface area (Å²) < 4.78 is 28.4. The molecule has 2 saturated heterocycles. The predicted molar refractivity (Wildman–Crippen MR) is 123 cm³/mol. The molecule has 172 valence electrons. The van der Waals surface area contributed by atoms with Crippen molar-refractivity contribution in [1.82, 2.24) is 19.4 Å². The number of piperazine rings is 1. The Morgan fingerprint density at radius 3 is 2.44 bits per heavy atom. The standard InChI is InChI=1S/C22H27ClN4O4S/c1-15(21(28)26-11-9-25(2)10-12-26)27-8-7-20(22(27)29)24-32(30,31)19-6-4-16-13-18(23)5-3-17(16)14-19/h3-6,13-15,20,24H,7-12H2,1-2H3/t15-,20-/m0/s1. The maximum absolute atomic E-state index is 13.0. The number of nitrogens with zero attached hydrogens (tertiary/aromatic N) is 3. The average Bonchev–Trinajstić information content (AvgIpc) is 3.12. The smallest absolute Gasteiger partial charge is 0.245 e. The first-order valence-corrected chi connectivity index (χ1v) is 12.5. The molecule has 0 radical (unpaired) electrons. The van der Waals surface area contributed by atoms with Crippen LogP contribution in [0.3, 0.4) is 0 Å². The molecule has 2 aromatic carbocycles. The topological polar surface area (TPSA) is 90.0 Å². The third-order valence-corrected chi connectivity index (χ3v) is 7.97. The van der Waals surface area contributed by atoms with Gasteiger partial charge in [0.2, 0.25) is 21.8 Å². The third-order valence-electron chi connectivity index (χ3n) is 6.26. The summed E-state index contributed by atoms with van der Waals surface area (Å²) in [5.41, 5.74) is 0. The Bertz CT molecular complexity index is 1150. The quantitative estimate of drug-likeness (QED) is 0.704. The molecule has 0 unspecified atom stereocenters. The minimum Gasteiger partial charge on any atom is -0.338 e. The van der Waals surface area contributed by atoms with Crippen molar-refractivity contribution in [3.8, 4) is 0 Å². The van der Waals surface area contributed by atoms with Crippen molar-refractivity contribution in [2.45, 2.75) is 30.3 Å². The number of carbonyl (C=O) groups excluding carboxylic acids is 2. The third kappa shape index (κ3) is 4.61. The molecule has 0 bridgehead atoms. The van der Waals surface area contributed by atoms with E-state index in [1.54, 1.807) is 42.2 Å². The number of carbonyl (C=O) groups is 2. The lowest BCUT2D eigenvalue weighted by atomic mass is 10.1. The number of nitrogens with one attached hydrogen (secondary N) is 1. The van der Waals surface area contributed by atoms with Gasteiger partial charge in [0.1, 0.15) is 12.1 Å². The van der Waals surface area contributed by atoms with Crippen molar-refractivity contribution >= 4 is 44.2 Å². The van der Waals surface area contributed by atoms with Crippen molar-refractivity contribution < 1.29 is 18.0 Å². The zero-order chi connectivity index (χ0) is 23.0. The van der Waals surface area contributed by atoms with Gasteiger partial charge in [-0.2, -0.15) is 4.72 Å². The number of benzene rings is 2. The molecule has 2 atom stereocenters.